The van der Waals surface area contributed by atoms with Gasteiger partial charge in [-0.15, -0.1) is 0 Å². The second-order valence-corrected chi connectivity index (χ2v) is 3.23. The van der Waals surface area contributed by atoms with Gasteiger partial charge in [0.1, 0.15) is 0 Å². The number of aromatic nitrogens is 1. The molecule has 0 spiro atoms. The minimum absolute atomic E-state index is 0.763. The Morgan fingerprint density at radius 1 is 1.25 bits per heavy atom. The molecule has 0 bridgehead atoms. The zero-order valence-corrected chi connectivity index (χ0v) is 7.47. The first kappa shape index (κ1) is 8.13. The van der Waals surface area contributed by atoms with Crippen LogP contribution in [0.15, 0.2) is 30.5 Å². The molecule has 12 heavy (non-hydrogen) atoms. The van der Waals surface area contributed by atoms with Crippen LogP contribution >= 0.6 is 11.6 Å². The number of pyridine rings is 1. The number of nitrogens with zero attached hydrogens (tertiary/aromatic N) is 1. The molecule has 0 saturated carbocycles. The Morgan fingerprint density at radius 2 is 2.08 bits per heavy atom. The van der Waals surface area contributed by atoms with Crippen molar-refractivity contribution in [2.45, 2.75) is 0 Å². The third-order valence-electron chi connectivity index (χ3n) is 1.92. The van der Waals surface area contributed by atoms with Crippen LogP contribution in [0.5, 0.6) is 0 Å². The van der Waals surface area contributed by atoms with Gasteiger partial charge in [-0.25, -0.2) is 0 Å². The number of halogens is 1. The molecule has 54 valence electrons. The molecular weight excluding hydrogens is 164 g/mol. The molecule has 0 fully saturated rings. The zero-order chi connectivity index (χ0) is 8.55. The van der Waals surface area contributed by atoms with Crippen LogP contribution in [-0.2, 0) is 0 Å². The van der Waals surface area contributed by atoms with Gasteiger partial charge in [-0.1, -0.05) is 0 Å². The van der Waals surface area contributed by atoms with Gasteiger partial charge in [-0.3, -0.25) is 0 Å². The Balaban J connectivity index is 2.88. The van der Waals surface area contributed by atoms with Gasteiger partial charge in [-0.05, 0) is 0 Å². The number of hydrogen-bond acceptors (Lipinski definition) is 1. The summed E-state index contributed by atoms with van der Waals surface area (Å²) in [5.41, 5.74) is 0.999. The van der Waals surface area contributed by atoms with Gasteiger partial charge in [0, 0.05) is 0 Å². The Bertz CT molecular complexity index is 428. The van der Waals surface area contributed by atoms with E-state index >= 15 is 0 Å². The number of fused-ring (bicyclic) bond motifs is 1. The van der Waals surface area contributed by atoms with E-state index in [1.165, 1.54) is 4.24 Å². The van der Waals surface area contributed by atoms with E-state index in [9.17, 15) is 0 Å². The second-order valence-electron chi connectivity index (χ2n) is 2.79. The summed E-state index contributed by atoms with van der Waals surface area (Å²) in [6.45, 7) is 0. The van der Waals surface area contributed by atoms with E-state index in [1.807, 2.05) is 30.5 Å². The summed E-state index contributed by atoms with van der Waals surface area (Å²) >= 11 is 7.92. The van der Waals surface area contributed by atoms with Gasteiger partial charge in [0.05, 0.1) is 0 Å². The second kappa shape index (κ2) is 3.10. The normalized spacial score (nSPS) is 10.6. The SMILES string of the molecule is [Li][c]1ccnc2ccc(Cl)cc12. The molecule has 0 aliphatic heterocycles. The molecule has 0 aliphatic rings. The molecule has 2 rings (SSSR count). The summed E-state index contributed by atoms with van der Waals surface area (Å²) in [5.74, 6) is 0. The van der Waals surface area contributed by atoms with Crippen LogP contribution in [0.1, 0.15) is 0 Å². The van der Waals surface area contributed by atoms with Gasteiger partial charge in [0.25, 0.3) is 0 Å². The molecule has 1 aromatic carbocycles. The Labute approximate surface area is 85.0 Å². The molecule has 0 aliphatic carbocycles. The summed E-state index contributed by atoms with van der Waals surface area (Å²) in [6, 6.07) is 7.72. The van der Waals surface area contributed by atoms with Crippen LogP contribution in [-0.4, -0.2) is 22.7 Å². The van der Waals surface area contributed by atoms with Crippen molar-refractivity contribution >= 4 is 44.5 Å². The number of benzene rings is 1. The average Bonchev–Trinajstić information content (AvgIpc) is 2.07. The summed E-state index contributed by atoms with van der Waals surface area (Å²) in [7, 11) is 0. The van der Waals surface area contributed by atoms with Gasteiger partial charge in [0.2, 0.25) is 0 Å². The molecule has 0 atom stereocenters. The molecule has 0 amide bonds. The third-order valence-corrected chi connectivity index (χ3v) is 2.16. The van der Waals surface area contributed by atoms with Crippen molar-refractivity contribution < 1.29 is 0 Å². The maximum atomic E-state index is 5.86. The van der Waals surface area contributed by atoms with Crippen molar-refractivity contribution in [1.82, 2.24) is 4.98 Å². The molecule has 1 heterocycles. The molecular formula is C9H5ClLiN. The molecule has 0 radical (unpaired) electrons. The van der Waals surface area contributed by atoms with E-state index in [4.69, 9.17) is 11.6 Å². The van der Waals surface area contributed by atoms with Gasteiger partial charge >= 0.3 is 84.9 Å². The van der Waals surface area contributed by atoms with E-state index in [-0.39, 0.29) is 0 Å². The van der Waals surface area contributed by atoms with Crippen LogP contribution in [0.25, 0.3) is 10.9 Å². The first-order valence-electron chi connectivity index (χ1n) is 3.78. The van der Waals surface area contributed by atoms with Crippen molar-refractivity contribution in [3.8, 4) is 0 Å². The van der Waals surface area contributed by atoms with E-state index in [0.29, 0.717) is 0 Å². The Morgan fingerprint density at radius 3 is 2.92 bits per heavy atom. The Hall–Kier alpha value is -0.483. The first-order valence-corrected chi connectivity index (χ1v) is 4.16. The molecule has 0 saturated heterocycles. The van der Waals surface area contributed by atoms with E-state index in [2.05, 4.69) is 22.7 Å². The van der Waals surface area contributed by atoms with E-state index in [1.54, 1.807) is 0 Å². The fourth-order valence-electron chi connectivity index (χ4n) is 1.26. The zero-order valence-electron chi connectivity index (χ0n) is 6.71. The van der Waals surface area contributed by atoms with Crippen molar-refractivity contribution in [2.75, 3.05) is 0 Å². The van der Waals surface area contributed by atoms with E-state index < -0.39 is 0 Å². The monoisotopic (exact) mass is 169 g/mol. The van der Waals surface area contributed by atoms with Crippen molar-refractivity contribution in [2.24, 2.45) is 0 Å². The van der Waals surface area contributed by atoms with Gasteiger partial charge in [-0.2, -0.15) is 0 Å². The Kier molecular flexibility index (Phi) is 2.10. The fourth-order valence-corrected chi connectivity index (χ4v) is 1.43. The molecule has 1 aromatic heterocycles. The average molecular weight is 170 g/mol. The molecule has 0 N–H and O–H groups in total. The van der Waals surface area contributed by atoms with Crippen molar-refractivity contribution in [1.29, 1.82) is 0 Å². The summed E-state index contributed by atoms with van der Waals surface area (Å²) in [5, 5.41) is 1.89. The maximum absolute atomic E-state index is 5.86. The summed E-state index contributed by atoms with van der Waals surface area (Å²) in [6.07, 6.45) is 1.81. The van der Waals surface area contributed by atoms with Crippen LogP contribution in [0.4, 0.5) is 0 Å². The van der Waals surface area contributed by atoms with Gasteiger partial charge < -0.3 is 0 Å². The standard InChI is InChI=1S/C9H5ClN.Li/c10-8-3-4-9-7(6-8)2-1-5-11-9;/h1,3-6H;. The summed E-state index contributed by atoms with van der Waals surface area (Å²) in [4.78, 5) is 4.22. The first-order chi connectivity index (χ1) is 5.77. The fraction of sp³-hybridized carbons (Fsp3) is 0. The van der Waals surface area contributed by atoms with Crippen LogP contribution < -0.4 is 4.24 Å². The summed E-state index contributed by atoms with van der Waals surface area (Å²) < 4.78 is 1.21. The van der Waals surface area contributed by atoms with Crippen LogP contribution in [0.3, 0.4) is 0 Å². The number of hydrogen-bond donors (Lipinski definition) is 0. The topological polar surface area (TPSA) is 12.9 Å². The van der Waals surface area contributed by atoms with Gasteiger partial charge in [0.15, 0.2) is 0 Å². The molecule has 3 heteroatoms. The molecule has 1 nitrogen and oxygen atoms in total. The molecule has 0 unspecified atom stereocenters. The van der Waals surface area contributed by atoms with Crippen molar-refractivity contribution in [3.63, 3.8) is 0 Å². The predicted octanol–water partition coefficient (Wildman–Crippen LogP) is 1.68. The predicted molar refractivity (Wildman–Crippen MR) is 52.1 cm³/mol. The third kappa shape index (κ3) is 1.36. The van der Waals surface area contributed by atoms with E-state index in [0.717, 1.165) is 15.9 Å². The molecule has 2 aromatic rings. The number of rotatable bonds is 0. The van der Waals surface area contributed by atoms with Crippen molar-refractivity contribution in [3.05, 3.63) is 35.5 Å². The quantitative estimate of drug-likeness (QED) is 0.547. The minimum atomic E-state index is 0.763. The van der Waals surface area contributed by atoms with Crippen LogP contribution in [0.2, 0.25) is 5.02 Å². The van der Waals surface area contributed by atoms with Crippen LogP contribution in [0, 0.1) is 0 Å².